The number of hydrogen-bond acceptors (Lipinski definition) is 1. The number of aryl methyl sites for hydroxylation is 1. The maximum atomic E-state index is 6.01. The van der Waals surface area contributed by atoms with E-state index in [0.29, 0.717) is 4.83 Å². The van der Waals surface area contributed by atoms with Gasteiger partial charge in [0.2, 0.25) is 0 Å². The van der Waals surface area contributed by atoms with E-state index in [-0.39, 0.29) is 0 Å². The summed E-state index contributed by atoms with van der Waals surface area (Å²) < 4.78 is 0. The number of alkyl halides is 1. The van der Waals surface area contributed by atoms with Crippen LogP contribution in [0.4, 0.5) is 0 Å². The predicted octanol–water partition coefficient (Wildman–Crippen LogP) is 5.39. The fourth-order valence-electron chi connectivity index (χ4n) is 1.60. The smallest absolute Gasteiger partial charge is 0.0436 e. The molecule has 0 amide bonds. The van der Waals surface area contributed by atoms with Crippen LogP contribution < -0.4 is 0 Å². The van der Waals surface area contributed by atoms with Gasteiger partial charge in [-0.15, -0.1) is 0 Å². The number of hydrogen-bond donors (Lipinski definition) is 0. The molecule has 0 bridgehead atoms. The minimum absolute atomic E-state index is 0.359. The van der Waals surface area contributed by atoms with Crippen LogP contribution in [0.15, 0.2) is 35.0 Å². The topological polar surface area (TPSA) is 0 Å². The zero-order valence-corrected chi connectivity index (χ0v) is 12.1. The first kappa shape index (κ1) is 12.2. The third-order valence-electron chi connectivity index (χ3n) is 2.54. The van der Waals surface area contributed by atoms with Gasteiger partial charge in [-0.05, 0) is 52.9 Å². The Kier molecular flexibility index (Phi) is 4.06. The van der Waals surface area contributed by atoms with Crippen LogP contribution in [0.2, 0.25) is 5.02 Å². The van der Waals surface area contributed by atoms with Gasteiger partial charge in [0.05, 0.1) is 0 Å². The number of rotatable bonds is 3. The normalized spacial score (nSPS) is 12.7. The zero-order valence-electron chi connectivity index (χ0n) is 8.91. The lowest BCUT2D eigenvalue weighted by Crippen LogP contribution is -1.94. The third-order valence-corrected chi connectivity index (χ3v) is 4.55. The van der Waals surface area contributed by atoms with Crippen molar-refractivity contribution in [3.8, 4) is 0 Å². The van der Waals surface area contributed by atoms with Crippen molar-refractivity contribution in [3.05, 3.63) is 56.7 Å². The van der Waals surface area contributed by atoms with E-state index in [4.69, 9.17) is 11.6 Å². The maximum Gasteiger partial charge on any atom is 0.0436 e. The zero-order chi connectivity index (χ0) is 11.5. The molecule has 3 heteroatoms. The first-order chi connectivity index (χ1) is 7.66. The average molecular weight is 316 g/mol. The van der Waals surface area contributed by atoms with Crippen LogP contribution in [-0.2, 0) is 6.42 Å². The molecule has 0 saturated heterocycles. The monoisotopic (exact) mass is 314 g/mol. The van der Waals surface area contributed by atoms with Gasteiger partial charge >= 0.3 is 0 Å². The summed E-state index contributed by atoms with van der Waals surface area (Å²) in [6.07, 6.45) is 1.02. The van der Waals surface area contributed by atoms with Crippen molar-refractivity contribution in [2.75, 3.05) is 0 Å². The summed E-state index contributed by atoms with van der Waals surface area (Å²) in [6.45, 7) is 2.04. The van der Waals surface area contributed by atoms with E-state index >= 15 is 0 Å². The molecule has 0 aliphatic heterocycles. The first-order valence-electron chi connectivity index (χ1n) is 5.08. The molecule has 16 heavy (non-hydrogen) atoms. The minimum atomic E-state index is 0.359. The molecule has 0 radical (unpaired) electrons. The van der Waals surface area contributed by atoms with Crippen molar-refractivity contribution in [2.45, 2.75) is 18.2 Å². The van der Waals surface area contributed by atoms with E-state index in [1.54, 1.807) is 11.3 Å². The van der Waals surface area contributed by atoms with Crippen molar-refractivity contribution in [1.82, 2.24) is 0 Å². The summed E-state index contributed by atoms with van der Waals surface area (Å²) in [5.41, 5.74) is 3.79. The summed E-state index contributed by atoms with van der Waals surface area (Å²) in [5.74, 6) is 0. The highest BCUT2D eigenvalue weighted by molar-refractivity contribution is 9.09. The van der Waals surface area contributed by atoms with Crippen LogP contribution in [0, 0.1) is 6.92 Å². The lowest BCUT2D eigenvalue weighted by molar-refractivity contribution is 0.952. The fourth-order valence-corrected chi connectivity index (χ4v) is 3.05. The number of thiophene rings is 1. The van der Waals surface area contributed by atoms with Gasteiger partial charge in [-0.2, -0.15) is 11.3 Å². The maximum absolute atomic E-state index is 6.01. The quantitative estimate of drug-likeness (QED) is 0.666. The molecule has 0 N–H and O–H groups in total. The van der Waals surface area contributed by atoms with Crippen molar-refractivity contribution >= 4 is 38.9 Å². The van der Waals surface area contributed by atoms with Crippen molar-refractivity contribution in [1.29, 1.82) is 0 Å². The second-order valence-corrected chi connectivity index (χ2v) is 6.10. The summed E-state index contributed by atoms with van der Waals surface area (Å²) in [7, 11) is 0. The Labute approximate surface area is 113 Å². The van der Waals surface area contributed by atoms with Crippen LogP contribution in [0.3, 0.4) is 0 Å². The molecule has 0 saturated carbocycles. The van der Waals surface area contributed by atoms with Gasteiger partial charge in [0.1, 0.15) is 0 Å². The van der Waals surface area contributed by atoms with Crippen LogP contribution in [0.25, 0.3) is 0 Å². The Hall–Kier alpha value is -0.310. The molecule has 0 spiro atoms. The molecule has 1 aromatic heterocycles. The molecule has 1 aromatic carbocycles. The van der Waals surface area contributed by atoms with Crippen LogP contribution in [0.1, 0.15) is 21.5 Å². The largest absolute Gasteiger partial charge is 0.152 e. The molecule has 0 nitrogen and oxygen atoms in total. The molecule has 1 unspecified atom stereocenters. The lowest BCUT2D eigenvalue weighted by atomic mass is 10.0. The minimum Gasteiger partial charge on any atom is -0.152 e. The number of halogens is 2. The molecule has 1 atom stereocenters. The third kappa shape index (κ3) is 2.88. The molecule has 0 fully saturated rings. The number of benzene rings is 1. The summed E-state index contributed by atoms with van der Waals surface area (Å²) >= 11 is 11.5. The van der Waals surface area contributed by atoms with Gasteiger partial charge in [-0.3, -0.25) is 0 Å². The Bertz CT molecular complexity index is 465. The molecular formula is C13H12BrClS. The highest BCUT2D eigenvalue weighted by Crippen LogP contribution is 2.30. The first-order valence-corrected chi connectivity index (χ1v) is 7.31. The van der Waals surface area contributed by atoms with Gasteiger partial charge in [0, 0.05) is 9.85 Å². The van der Waals surface area contributed by atoms with Crippen LogP contribution >= 0.6 is 38.9 Å². The highest BCUT2D eigenvalue weighted by Gasteiger charge is 2.09. The highest BCUT2D eigenvalue weighted by atomic mass is 79.9. The summed E-state index contributed by atoms with van der Waals surface area (Å²) in [4.78, 5) is 0.359. The second-order valence-electron chi connectivity index (χ2n) is 3.81. The molecule has 2 aromatic rings. The molecule has 1 heterocycles. The predicted molar refractivity (Wildman–Crippen MR) is 75.9 cm³/mol. The molecule has 84 valence electrons. The summed E-state index contributed by atoms with van der Waals surface area (Å²) in [6, 6.07) is 8.37. The molecule has 0 aliphatic carbocycles. The van der Waals surface area contributed by atoms with Gasteiger partial charge in [-0.25, -0.2) is 0 Å². The van der Waals surface area contributed by atoms with E-state index in [1.807, 2.05) is 13.0 Å². The molecule has 2 rings (SSSR count). The average Bonchev–Trinajstić information content (AvgIpc) is 2.74. The van der Waals surface area contributed by atoms with Crippen molar-refractivity contribution in [3.63, 3.8) is 0 Å². The SMILES string of the molecule is Cc1cc(C(Br)Cc2ccsc2)ccc1Cl. The molecular weight excluding hydrogens is 304 g/mol. The Morgan fingerprint density at radius 3 is 2.81 bits per heavy atom. The van der Waals surface area contributed by atoms with Crippen LogP contribution in [0.5, 0.6) is 0 Å². The summed E-state index contributed by atoms with van der Waals surface area (Å²) in [5, 5.41) is 5.14. The van der Waals surface area contributed by atoms with E-state index in [1.165, 1.54) is 11.1 Å². The Morgan fingerprint density at radius 1 is 1.38 bits per heavy atom. The second kappa shape index (κ2) is 5.35. The lowest BCUT2D eigenvalue weighted by Gasteiger charge is -2.10. The van der Waals surface area contributed by atoms with Gasteiger partial charge in [0.25, 0.3) is 0 Å². The van der Waals surface area contributed by atoms with Crippen molar-refractivity contribution in [2.24, 2.45) is 0 Å². The standard InChI is InChI=1S/C13H12BrClS/c1-9-6-11(2-3-13(9)15)12(14)7-10-4-5-16-8-10/h2-6,8,12H,7H2,1H3. The van der Waals surface area contributed by atoms with Gasteiger partial charge in [-0.1, -0.05) is 39.7 Å². The Balaban J connectivity index is 2.14. The Morgan fingerprint density at radius 2 is 2.19 bits per heavy atom. The van der Waals surface area contributed by atoms with Gasteiger partial charge < -0.3 is 0 Å². The van der Waals surface area contributed by atoms with Crippen molar-refractivity contribution < 1.29 is 0 Å². The van der Waals surface area contributed by atoms with E-state index in [9.17, 15) is 0 Å². The van der Waals surface area contributed by atoms with E-state index < -0.39 is 0 Å². The molecule has 0 aliphatic rings. The van der Waals surface area contributed by atoms with Crippen LogP contribution in [-0.4, -0.2) is 0 Å². The fraction of sp³-hybridized carbons (Fsp3) is 0.231. The van der Waals surface area contributed by atoms with Gasteiger partial charge in [0.15, 0.2) is 0 Å². The van der Waals surface area contributed by atoms with E-state index in [2.05, 4.69) is 44.9 Å². The van der Waals surface area contributed by atoms with E-state index in [0.717, 1.165) is 17.0 Å².